The summed E-state index contributed by atoms with van der Waals surface area (Å²) in [5, 5.41) is 0. The lowest BCUT2D eigenvalue weighted by Crippen LogP contribution is -2.04. The van der Waals surface area contributed by atoms with Crippen LogP contribution in [0.2, 0.25) is 0 Å². The molecule has 0 unspecified atom stereocenters. The highest BCUT2D eigenvalue weighted by Gasteiger charge is 2.14. The Morgan fingerprint density at radius 2 is 1.31 bits per heavy atom. The minimum atomic E-state index is 0.214. The van der Waals surface area contributed by atoms with Gasteiger partial charge in [0.05, 0.1) is 0 Å². The summed E-state index contributed by atoms with van der Waals surface area (Å²) in [5.41, 5.74) is 7.40. The molecule has 3 rings (SSSR count). The van der Waals surface area contributed by atoms with Gasteiger partial charge >= 0.3 is 0 Å². The van der Waals surface area contributed by atoms with E-state index in [0.717, 1.165) is 24.8 Å². The van der Waals surface area contributed by atoms with Crippen LogP contribution in [0, 0.1) is 0 Å². The van der Waals surface area contributed by atoms with Crippen LogP contribution in [0.3, 0.4) is 0 Å². The van der Waals surface area contributed by atoms with Crippen molar-refractivity contribution in [2.45, 2.75) is 39.5 Å². The largest absolute Gasteiger partial charge is 0.294 e. The fraction of sp³-hybridized carbons (Fsp3) is 0.240. The lowest BCUT2D eigenvalue weighted by molar-refractivity contribution is 0.0983. The molecule has 0 aliphatic carbocycles. The Balaban J connectivity index is 1.94. The molecule has 26 heavy (non-hydrogen) atoms. The lowest BCUT2D eigenvalue weighted by Gasteiger charge is -2.16. The van der Waals surface area contributed by atoms with E-state index in [4.69, 9.17) is 0 Å². The first kappa shape index (κ1) is 18.1. The van der Waals surface area contributed by atoms with Crippen LogP contribution in [-0.4, -0.2) is 5.78 Å². The summed E-state index contributed by atoms with van der Waals surface area (Å²) in [4.78, 5) is 12.6. The molecule has 0 aliphatic rings. The zero-order valence-corrected chi connectivity index (χ0v) is 15.7. The maximum atomic E-state index is 12.6. The number of ketones is 1. The Morgan fingerprint density at radius 3 is 2.04 bits per heavy atom. The molecule has 1 heteroatoms. The number of Topliss-reactive ketones (excluding diaryl/α,β-unsaturated/α-hetero) is 1. The third kappa shape index (κ3) is 3.94. The maximum absolute atomic E-state index is 12.6. The number of aryl methyl sites for hydroxylation is 2. The van der Waals surface area contributed by atoms with Crippen LogP contribution in [0.25, 0.3) is 11.1 Å². The molecule has 0 N–H and O–H groups in total. The zero-order chi connectivity index (χ0) is 18.4. The molecule has 0 spiro atoms. The first-order chi connectivity index (χ1) is 12.7. The van der Waals surface area contributed by atoms with Gasteiger partial charge in [-0.25, -0.2) is 0 Å². The fourth-order valence-corrected chi connectivity index (χ4v) is 3.61. The molecule has 0 heterocycles. The SMILES string of the molecule is CCc1ccccc1-c1cccc(CC)c1CCC(=O)c1ccccc1. The molecule has 132 valence electrons. The Bertz CT molecular complexity index is 878. The summed E-state index contributed by atoms with van der Waals surface area (Å²) >= 11 is 0. The molecular formula is C25H26O. The highest BCUT2D eigenvalue weighted by molar-refractivity contribution is 5.96. The van der Waals surface area contributed by atoms with E-state index in [1.54, 1.807) is 0 Å². The van der Waals surface area contributed by atoms with Gasteiger partial charge in [-0.15, -0.1) is 0 Å². The standard InChI is InChI=1S/C25H26O/c1-3-19-11-8-9-15-22(19)24-16-10-14-20(4-2)23(24)17-18-25(26)21-12-6-5-7-13-21/h5-16H,3-4,17-18H2,1-2H3. The Labute approximate surface area is 156 Å². The van der Waals surface area contributed by atoms with Crippen LogP contribution in [-0.2, 0) is 19.3 Å². The van der Waals surface area contributed by atoms with Crippen LogP contribution in [0.1, 0.15) is 47.3 Å². The van der Waals surface area contributed by atoms with Crippen LogP contribution in [0.5, 0.6) is 0 Å². The van der Waals surface area contributed by atoms with Gasteiger partial charge in [-0.3, -0.25) is 4.79 Å². The summed E-state index contributed by atoms with van der Waals surface area (Å²) in [7, 11) is 0. The molecule has 0 saturated heterocycles. The summed E-state index contributed by atoms with van der Waals surface area (Å²) < 4.78 is 0. The molecule has 3 aromatic rings. The van der Waals surface area contributed by atoms with Crippen LogP contribution >= 0.6 is 0 Å². The van der Waals surface area contributed by atoms with Gasteiger partial charge in [-0.2, -0.15) is 0 Å². The fourth-order valence-electron chi connectivity index (χ4n) is 3.61. The van der Waals surface area contributed by atoms with E-state index < -0.39 is 0 Å². The van der Waals surface area contributed by atoms with Crippen molar-refractivity contribution >= 4 is 5.78 Å². The zero-order valence-electron chi connectivity index (χ0n) is 15.7. The van der Waals surface area contributed by atoms with Crippen molar-refractivity contribution in [3.8, 4) is 11.1 Å². The third-order valence-corrected chi connectivity index (χ3v) is 5.04. The van der Waals surface area contributed by atoms with Crippen molar-refractivity contribution in [1.82, 2.24) is 0 Å². The molecular weight excluding hydrogens is 316 g/mol. The van der Waals surface area contributed by atoms with E-state index in [0.29, 0.717) is 6.42 Å². The van der Waals surface area contributed by atoms with Gasteiger partial charge in [0.25, 0.3) is 0 Å². The monoisotopic (exact) mass is 342 g/mol. The predicted octanol–water partition coefficient (Wildman–Crippen LogP) is 6.29. The summed E-state index contributed by atoms with van der Waals surface area (Å²) in [6.45, 7) is 4.38. The highest BCUT2D eigenvalue weighted by Crippen LogP contribution is 2.31. The van der Waals surface area contributed by atoms with Crippen molar-refractivity contribution in [2.75, 3.05) is 0 Å². The van der Waals surface area contributed by atoms with Gasteiger partial charge in [0, 0.05) is 12.0 Å². The Kier molecular flexibility index (Phi) is 6.01. The van der Waals surface area contributed by atoms with Gasteiger partial charge in [-0.1, -0.05) is 86.6 Å². The summed E-state index contributed by atoms with van der Waals surface area (Å²) in [6.07, 6.45) is 3.32. The molecule has 0 amide bonds. The quantitative estimate of drug-likeness (QED) is 0.461. The van der Waals surface area contributed by atoms with E-state index in [9.17, 15) is 4.79 Å². The number of rotatable bonds is 7. The number of hydrogen-bond acceptors (Lipinski definition) is 1. The first-order valence-electron chi connectivity index (χ1n) is 9.51. The number of carbonyl (C=O) groups excluding carboxylic acids is 1. The van der Waals surface area contributed by atoms with Crippen molar-refractivity contribution in [1.29, 1.82) is 0 Å². The maximum Gasteiger partial charge on any atom is 0.163 e. The molecule has 0 saturated carbocycles. The summed E-state index contributed by atoms with van der Waals surface area (Å²) in [5.74, 6) is 0.214. The molecule has 0 radical (unpaired) electrons. The van der Waals surface area contributed by atoms with Crippen LogP contribution in [0.4, 0.5) is 0 Å². The van der Waals surface area contributed by atoms with Crippen molar-refractivity contribution < 1.29 is 4.79 Å². The topological polar surface area (TPSA) is 17.1 Å². The number of benzene rings is 3. The molecule has 0 atom stereocenters. The Morgan fingerprint density at radius 1 is 0.692 bits per heavy atom. The average molecular weight is 342 g/mol. The van der Waals surface area contributed by atoms with Crippen molar-refractivity contribution in [3.63, 3.8) is 0 Å². The summed E-state index contributed by atoms with van der Waals surface area (Å²) in [6, 6.07) is 24.8. The minimum absolute atomic E-state index is 0.214. The molecule has 1 nitrogen and oxygen atoms in total. The number of hydrogen-bond donors (Lipinski definition) is 0. The van der Waals surface area contributed by atoms with E-state index in [1.807, 2.05) is 30.3 Å². The smallest absolute Gasteiger partial charge is 0.163 e. The Hall–Kier alpha value is -2.67. The molecule has 0 aromatic heterocycles. The first-order valence-corrected chi connectivity index (χ1v) is 9.51. The second-order valence-corrected chi connectivity index (χ2v) is 6.60. The lowest BCUT2D eigenvalue weighted by atomic mass is 9.88. The number of carbonyl (C=O) groups is 1. The van der Waals surface area contributed by atoms with Gasteiger partial charge in [0.2, 0.25) is 0 Å². The normalized spacial score (nSPS) is 10.7. The van der Waals surface area contributed by atoms with E-state index in [2.05, 4.69) is 56.3 Å². The van der Waals surface area contributed by atoms with E-state index >= 15 is 0 Å². The molecule has 0 aliphatic heterocycles. The van der Waals surface area contributed by atoms with Gasteiger partial charge < -0.3 is 0 Å². The van der Waals surface area contributed by atoms with E-state index in [-0.39, 0.29) is 5.78 Å². The average Bonchev–Trinajstić information content (AvgIpc) is 2.72. The second kappa shape index (κ2) is 8.62. The van der Waals surface area contributed by atoms with E-state index in [1.165, 1.54) is 27.8 Å². The van der Waals surface area contributed by atoms with Crippen molar-refractivity contribution in [3.05, 3.63) is 95.1 Å². The van der Waals surface area contributed by atoms with Crippen molar-refractivity contribution in [2.24, 2.45) is 0 Å². The molecule has 0 fully saturated rings. The second-order valence-electron chi connectivity index (χ2n) is 6.60. The molecule has 3 aromatic carbocycles. The van der Waals surface area contributed by atoms with Crippen LogP contribution in [0.15, 0.2) is 72.8 Å². The molecule has 0 bridgehead atoms. The minimum Gasteiger partial charge on any atom is -0.294 e. The van der Waals surface area contributed by atoms with Gasteiger partial charge in [-0.05, 0) is 47.1 Å². The third-order valence-electron chi connectivity index (χ3n) is 5.04. The van der Waals surface area contributed by atoms with Crippen LogP contribution < -0.4 is 0 Å². The predicted molar refractivity (Wildman–Crippen MR) is 110 cm³/mol. The van der Waals surface area contributed by atoms with Gasteiger partial charge in [0.15, 0.2) is 5.78 Å². The highest BCUT2D eigenvalue weighted by atomic mass is 16.1. The van der Waals surface area contributed by atoms with Gasteiger partial charge in [0.1, 0.15) is 0 Å².